The van der Waals surface area contributed by atoms with E-state index in [2.05, 4.69) is 46.9 Å². The molecule has 274 valence electrons. The number of hydrogen-bond acceptors (Lipinski definition) is 10. The van der Waals surface area contributed by atoms with Gasteiger partial charge in [0.1, 0.15) is 0 Å². The zero-order valence-corrected chi connectivity index (χ0v) is 29.3. The number of allylic oxidation sites excluding steroid dienone is 4. The van der Waals surface area contributed by atoms with E-state index in [1.54, 1.807) is 23.6 Å². The van der Waals surface area contributed by atoms with E-state index in [0.717, 1.165) is 12.8 Å². The lowest BCUT2D eigenvalue weighted by atomic mass is 9.82. The second kappa shape index (κ2) is 19.9. The van der Waals surface area contributed by atoms with Crippen LogP contribution in [0.4, 0.5) is 9.59 Å². The highest BCUT2D eigenvalue weighted by Gasteiger charge is 2.53. The Balaban J connectivity index is 0.000000253. The number of carbonyl (C=O) groups is 5. The standard InChI is InChI=1S/C17H24N2O5.C16H26N2O5.C2H4/c1-3-24-17(22)19-8-6-18(7-9-19)15(20)13-11-4-5-12(10-11)14(13)16(21)23-2;1-3-22-16(20)18-8-4-7-17-15(19)14-12-6-5-11(9-12)13(14)10-23-21-2;1-2/h4-5,11-14H,3,6-10H2,1-2H3;5-6,11-14H,3-4,7-10H2,1-2H3,(H,17,19)(H,18,20);1-2H2. The molecule has 14 heteroatoms. The number of amides is 4. The summed E-state index contributed by atoms with van der Waals surface area (Å²) >= 11 is 0. The summed E-state index contributed by atoms with van der Waals surface area (Å²) in [6, 6.07) is 0. The fraction of sp³-hybridized carbons (Fsp3) is 0.686. The summed E-state index contributed by atoms with van der Waals surface area (Å²) in [5, 5.41) is 5.59. The largest absolute Gasteiger partial charge is 0.469 e. The smallest absolute Gasteiger partial charge is 0.409 e. The van der Waals surface area contributed by atoms with Gasteiger partial charge in [0.25, 0.3) is 0 Å². The first-order chi connectivity index (χ1) is 23.7. The lowest BCUT2D eigenvalue weighted by molar-refractivity contribution is -0.282. The van der Waals surface area contributed by atoms with Crippen molar-refractivity contribution in [2.75, 3.05) is 73.3 Å². The molecule has 2 saturated carbocycles. The monoisotopic (exact) mass is 690 g/mol. The number of methoxy groups -OCH3 is 1. The van der Waals surface area contributed by atoms with Crippen molar-refractivity contribution in [1.82, 2.24) is 20.4 Å². The van der Waals surface area contributed by atoms with E-state index in [-0.39, 0.29) is 59.4 Å². The fourth-order valence-corrected chi connectivity index (χ4v) is 7.63. The van der Waals surface area contributed by atoms with E-state index in [1.165, 1.54) is 14.2 Å². The third-order valence-corrected chi connectivity index (χ3v) is 9.84. The topological polar surface area (TPSA) is 162 Å². The molecule has 2 N–H and O–H groups in total. The van der Waals surface area contributed by atoms with Gasteiger partial charge in [0.05, 0.1) is 45.9 Å². The van der Waals surface area contributed by atoms with Gasteiger partial charge in [-0.15, -0.1) is 13.2 Å². The maximum Gasteiger partial charge on any atom is 0.409 e. The Bertz CT molecular complexity index is 1190. The molecular weight excluding hydrogens is 636 g/mol. The summed E-state index contributed by atoms with van der Waals surface area (Å²) in [4.78, 5) is 73.6. The molecule has 49 heavy (non-hydrogen) atoms. The van der Waals surface area contributed by atoms with Gasteiger partial charge in [-0.2, -0.15) is 0 Å². The average molecular weight is 691 g/mol. The Morgan fingerprint density at radius 1 is 0.735 bits per heavy atom. The molecule has 5 rings (SSSR count). The third-order valence-electron chi connectivity index (χ3n) is 9.84. The van der Waals surface area contributed by atoms with Crippen LogP contribution in [-0.4, -0.2) is 113 Å². The molecule has 4 aliphatic carbocycles. The van der Waals surface area contributed by atoms with Gasteiger partial charge in [-0.3, -0.25) is 14.4 Å². The summed E-state index contributed by atoms with van der Waals surface area (Å²) in [6.45, 7) is 13.5. The van der Waals surface area contributed by atoms with Gasteiger partial charge in [-0.1, -0.05) is 24.3 Å². The third kappa shape index (κ3) is 10.1. The van der Waals surface area contributed by atoms with Gasteiger partial charge in [0, 0.05) is 51.1 Å². The Labute approximate surface area is 289 Å². The van der Waals surface area contributed by atoms with Crippen LogP contribution in [0, 0.1) is 47.3 Å². The predicted octanol–water partition coefficient (Wildman–Crippen LogP) is 2.96. The second-order valence-electron chi connectivity index (χ2n) is 12.4. The molecule has 4 bridgehead atoms. The number of nitrogens with one attached hydrogen (secondary N) is 2. The number of nitrogens with zero attached hydrogens (tertiary/aromatic N) is 2. The molecule has 0 aromatic heterocycles. The Kier molecular flexibility index (Phi) is 16.1. The van der Waals surface area contributed by atoms with Crippen LogP contribution in [0.15, 0.2) is 37.5 Å². The van der Waals surface area contributed by atoms with Gasteiger partial charge < -0.3 is 34.6 Å². The normalized spacial score (nSPS) is 28.5. The zero-order valence-electron chi connectivity index (χ0n) is 29.3. The van der Waals surface area contributed by atoms with Crippen molar-refractivity contribution in [3.05, 3.63) is 37.5 Å². The van der Waals surface area contributed by atoms with Gasteiger partial charge in [-0.05, 0) is 56.8 Å². The highest BCUT2D eigenvalue weighted by Crippen LogP contribution is 2.49. The van der Waals surface area contributed by atoms with Crippen molar-refractivity contribution in [3.8, 4) is 0 Å². The number of carbonyl (C=O) groups excluding carboxylic acids is 5. The van der Waals surface area contributed by atoms with Crippen LogP contribution in [0.2, 0.25) is 0 Å². The maximum absolute atomic E-state index is 13.0. The lowest BCUT2D eigenvalue weighted by Gasteiger charge is -2.37. The molecule has 0 radical (unpaired) electrons. The predicted molar refractivity (Wildman–Crippen MR) is 179 cm³/mol. The minimum Gasteiger partial charge on any atom is -0.469 e. The number of esters is 1. The lowest BCUT2D eigenvalue weighted by Crippen LogP contribution is -2.53. The molecule has 0 spiro atoms. The number of ether oxygens (including phenoxy) is 3. The average Bonchev–Trinajstić information content (AvgIpc) is 3.93. The molecular formula is C35H54N4O10. The maximum atomic E-state index is 13.0. The Morgan fingerprint density at radius 3 is 1.90 bits per heavy atom. The molecule has 1 heterocycles. The number of alkyl carbamates (subject to hydrolysis) is 1. The minimum atomic E-state index is -0.422. The molecule has 8 atom stereocenters. The fourth-order valence-electron chi connectivity index (χ4n) is 7.63. The van der Waals surface area contributed by atoms with Crippen molar-refractivity contribution >= 4 is 30.0 Å². The van der Waals surface area contributed by atoms with E-state index >= 15 is 0 Å². The van der Waals surface area contributed by atoms with Crippen molar-refractivity contribution in [1.29, 1.82) is 0 Å². The number of piperazine rings is 1. The minimum absolute atomic E-state index is 0.00533. The molecule has 1 aliphatic heterocycles. The van der Waals surface area contributed by atoms with E-state index in [4.69, 9.17) is 19.1 Å². The molecule has 14 nitrogen and oxygen atoms in total. The molecule has 0 aromatic rings. The van der Waals surface area contributed by atoms with E-state index in [0.29, 0.717) is 77.3 Å². The van der Waals surface area contributed by atoms with Crippen LogP contribution in [0.3, 0.4) is 0 Å². The molecule has 3 fully saturated rings. The molecule has 8 unspecified atom stereocenters. The van der Waals surface area contributed by atoms with E-state index < -0.39 is 6.09 Å². The summed E-state index contributed by atoms with van der Waals surface area (Å²) < 4.78 is 14.7. The first-order valence-corrected chi connectivity index (χ1v) is 17.2. The first-order valence-electron chi connectivity index (χ1n) is 17.2. The van der Waals surface area contributed by atoms with Gasteiger partial charge in [0.15, 0.2) is 0 Å². The van der Waals surface area contributed by atoms with Crippen LogP contribution < -0.4 is 10.6 Å². The number of rotatable bonds is 12. The van der Waals surface area contributed by atoms with Gasteiger partial charge >= 0.3 is 18.2 Å². The first kappa shape index (κ1) is 39.5. The SMILES string of the molecule is C=C.CCOC(=O)N1CCN(C(=O)C2C3C=CC(C3)C2C(=O)OC)CC1.CCOC(=O)NCCCNC(=O)C1C2C=CC(C2)C1COOC. The van der Waals surface area contributed by atoms with Crippen LogP contribution in [0.1, 0.15) is 33.1 Å². The van der Waals surface area contributed by atoms with Crippen molar-refractivity contribution in [2.24, 2.45) is 47.3 Å². The highest BCUT2D eigenvalue weighted by atomic mass is 17.2. The summed E-state index contributed by atoms with van der Waals surface area (Å²) in [5.74, 6) is 0.0955. The van der Waals surface area contributed by atoms with Crippen molar-refractivity contribution < 1.29 is 48.0 Å². The van der Waals surface area contributed by atoms with Crippen LogP contribution in [0.5, 0.6) is 0 Å². The summed E-state index contributed by atoms with van der Waals surface area (Å²) in [5.41, 5.74) is 0. The van der Waals surface area contributed by atoms with Gasteiger partial charge in [0.2, 0.25) is 11.8 Å². The van der Waals surface area contributed by atoms with Crippen molar-refractivity contribution in [2.45, 2.75) is 33.1 Å². The molecule has 4 amide bonds. The van der Waals surface area contributed by atoms with Crippen LogP contribution >= 0.6 is 0 Å². The highest BCUT2D eigenvalue weighted by molar-refractivity contribution is 5.87. The van der Waals surface area contributed by atoms with Crippen LogP contribution in [0.25, 0.3) is 0 Å². The number of fused-ring (bicyclic) bond motifs is 4. The summed E-state index contributed by atoms with van der Waals surface area (Å²) in [6.07, 6.45) is 10.2. The van der Waals surface area contributed by atoms with Gasteiger partial charge in [-0.25, -0.2) is 19.4 Å². The molecule has 5 aliphatic rings. The zero-order chi connectivity index (χ0) is 35.9. The van der Waals surface area contributed by atoms with E-state index in [9.17, 15) is 24.0 Å². The quantitative estimate of drug-likeness (QED) is 0.0778. The second-order valence-corrected chi connectivity index (χ2v) is 12.4. The molecule has 1 saturated heterocycles. The summed E-state index contributed by atoms with van der Waals surface area (Å²) in [7, 11) is 2.85. The molecule has 0 aromatic carbocycles. The van der Waals surface area contributed by atoms with Crippen LogP contribution in [-0.2, 0) is 38.4 Å². The number of hydrogen-bond donors (Lipinski definition) is 2. The van der Waals surface area contributed by atoms with E-state index in [1.807, 2.05) is 6.08 Å². The Hall–Kier alpha value is -3.91. The Morgan fingerprint density at radius 2 is 1.29 bits per heavy atom. The van der Waals surface area contributed by atoms with Crippen molar-refractivity contribution in [3.63, 3.8) is 0 Å².